The summed E-state index contributed by atoms with van der Waals surface area (Å²) in [7, 11) is 0. The van der Waals surface area contributed by atoms with Crippen molar-refractivity contribution in [3.63, 3.8) is 0 Å². The first kappa shape index (κ1) is 10.2. The van der Waals surface area contributed by atoms with Gasteiger partial charge in [-0.05, 0) is 45.1 Å². The molecule has 1 fully saturated rings. The minimum Gasteiger partial charge on any atom is -0.378 e. The summed E-state index contributed by atoms with van der Waals surface area (Å²) >= 11 is 0. The average Bonchev–Trinajstić information content (AvgIpc) is 2.86. The van der Waals surface area contributed by atoms with Crippen molar-refractivity contribution < 1.29 is 4.74 Å². The molecule has 1 aliphatic heterocycles. The van der Waals surface area contributed by atoms with Crippen LogP contribution in [0.3, 0.4) is 0 Å². The summed E-state index contributed by atoms with van der Waals surface area (Å²) in [5.74, 6) is 0. The van der Waals surface area contributed by atoms with Crippen molar-refractivity contribution in [1.29, 1.82) is 0 Å². The first-order valence-corrected chi connectivity index (χ1v) is 5.95. The molecular weight excluding hydrogens is 174 g/mol. The molecule has 0 saturated carbocycles. The SMILES string of the molecule is C1=CCC(NCCCC2CCCO2)C1. The third-order valence-corrected chi connectivity index (χ3v) is 3.17. The standard InChI is InChI=1S/C12H21NO/c1-2-6-11(5-1)13-9-3-7-12-8-4-10-14-12/h1-2,11-13H,3-10H2. The normalized spacial score (nSPS) is 27.6. The molecule has 0 aromatic heterocycles. The summed E-state index contributed by atoms with van der Waals surface area (Å²) in [5.41, 5.74) is 0. The highest BCUT2D eigenvalue weighted by atomic mass is 16.5. The largest absolute Gasteiger partial charge is 0.378 e. The second-order valence-corrected chi connectivity index (χ2v) is 4.37. The third kappa shape index (κ3) is 3.10. The Kier molecular flexibility index (Phi) is 4.02. The predicted molar refractivity (Wildman–Crippen MR) is 58.4 cm³/mol. The Morgan fingerprint density at radius 1 is 1.29 bits per heavy atom. The highest BCUT2D eigenvalue weighted by Crippen LogP contribution is 2.16. The zero-order valence-corrected chi connectivity index (χ0v) is 8.87. The van der Waals surface area contributed by atoms with Gasteiger partial charge in [-0.25, -0.2) is 0 Å². The third-order valence-electron chi connectivity index (χ3n) is 3.17. The lowest BCUT2D eigenvalue weighted by atomic mass is 10.1. The molecular formula is C12H21NO. The lowest BCUT2D eigenvalue weighted by Gasteiger charge is -2.13. The molecule has 2 aliphatic rings. The molecule has 1 atom stereocenters. The number of nitrogens with one attached hydrogen (secondary N) is 1. The van der Waals surface area contributed by atoms with Crippen LogP contribution in [-0.4, -0.2) is 25.3 Å². The molecule has 1 unspecified atom stereocenters. The highest BCUT2D eigenvalue weighted by molar-refractivity contribution is 4.97. The molecule has 1 saturated heterocycles. The maximum Gasteiger partial charge on any atom is 0.0576 e. The van der Waals surface area contributed by atoms with Gasteiger partial charge in [-0.2, -0.15) is 0 Å². The minimum absolute atomic E-state index is 0.568. The van der Waals surface area contributed by atoms with E-state index in [1.54, 1.807) is 0 Å². The molecule has 80 valence electrons. The van der Waals surface area contributed by atoms with Crippen LogP contribution in [0.25, 0.3) is 0 Å². The Balaban J connectivity index is 1.46. The van der Waals surface area contributed by atoms with Crippen LogP contribution in [0.5, 0.6) is 0 Å². The monoisotopic (exact) mass is 195 g/mol. The molecule has 0 aromatic carbocycles. The zero-order valence-electron chi connectivity index (χ0n) is 8.87. The van der Waals surface area contributed by atoms with Gasteiger partial charge in [0.15, 0.2) is 0 Å². The fourth-order valence-corrected chi connectivity index (χ4v) is 2.29. The van der Waals surface area contributed by atoms with Crippen molar-refractivity contribution in [2.75, 3.05) is 13.2 Å². The molecule has 1 N–H and O–H groups in total. The topological polar surface area (TPSA) is 21.3 Å². The van der Waals surface area contributed by atoms with E-state index >= 15 is 0 Å². The van der Waals surface area contributed by atoms with Gasteiger partial charge < -0.3 is 10.1 Å². The number of rotatable bonds is 5. The molecule has 14 heavy (non-hydrogen) atoms. The van der Waals surface area contributed by atoms with Crippen LogP contribution in [0.1, 0.15) is 38.5 Å². The van der Waals surface area contributed by atoms with E-state index in [1.807, 2.05) is 0 Å². The molecule has 0 bridgehead atoms. The smallest absolute Gasteiger partial charge is 0.0576 e. The molecule has 1 heterocycles. The fraction of sp³-hybridized carbons (Fsp3) is 0.833. The van der Waals surface area contributed by atoms with Gasteiger partial charge in [0.2, 0.25) is 0 Å². The Labute approximate surface area is 86.7 Å². The summed E-state index contributed by atoms with van der Waals surface area (Å²) < 4.78 is 5.58. The van der Waals surface area contributed by atoms with Gasteiger partial charge in [0.1, 0.15) is 0 Å². The van der Waals surface area contributed by atoms with E-state index in [9.17, 15) is 0 Å². The van der Waals surface area contributed by atoms with Crippen LogP contribution in [0.2, 0.25) is 0 Å². The number of hydrogen-bond donors (Lipinski definition) is 1. The van der Waals surface area contributed by atoms with Crippen molar-refractivity contribution in [1.82, 2.24) is 5.32 Å². The van der Waals surface area contributed by atoms with Gasteiger partial charge >= 0.3 is 0 Å². The van der Waals surface area contributed by atoms with Gasteiger partial charge in [0, 0.05) is 12.6 Å². The van der Waals surface area contributed by atoms with Crippen molar-refractivity contribution >= 4 is 0 Å². The highest BCUT2D eigenvalue weighted by Gasteiger charge is 2.15. The van der Waals surface area contributed by atoms with Crippen molar-refractivity contribution in [3.05, 3.63) is 12.2 Å². The van der Waals surface area contributed by atoms with Crippen LogP contribution in [-0.2, 0) is 4.74 Å². The van der Waals surface area contributed by atoms with E-state index in [-0.39, 0.29) is 0 Å². The van der Waals surface area contributed by atoms with E-state index in [0.717, 1.165) is 19.2 Å². The lowest BCUT2D eigenvalue weighted by molar-refractivity contribution is 0.102. The van der Waals surface area contributed by atoms with Crippen molar-refractivity contribution in [3.8, 4) is 0 Å². The van der Waals surface area contributed by atoms with Gasteiger partial charge in [0.25, 0.3) is 0 Å². The maximum absolute atomic E-state index is 5.58. The quantitative estimate of drug-likeness (QED) is 0.536. The second-order valence-electron chi connectivity index (χ2n) is 4.37. The van der Waals surface area contributed by atoms with E-state index in [2.05, 4.69) is 17.5 Å². The van der Waals surface area contributed by atoms with Gasteiger partial charge in [-0.3, -0.25) is 0 Å². The molecule has 1 aliphatic carbocycles. The van der Waals surface area contributed by atoms with E-state index in [0.29, 0.717) is 6.10 Å². The van der Waals surface area contributed by atoms with Gasteiger partial charge in [0.05, 0.1) is 6.10 Å². The first-order chi connectivity index (χ1) is 6.95. The second kappa shape index (κ2) is 5.52. The van der Waals surface area contributed by atoms with E-state index in [4.69, 9.17) is 4.74 Å². The van der Waals surface area contributed by atoms with E-state index < -0.39 is 0 Å². The number of hydrogen-bond acceptors (Lipinski definition) is 2. The number of ether oxygens (including phenoxy) is 1. The molecule has 2 heteroatoms. The fourth-order valence-electron chi connectivity index (χ4n) is 2.29. The summed E-state index contributed by atoms with van der Waals surface area (Å²) in [5, 5.41) is 3.59. The molecule has 2 nitrogen and oxygen atoms in total. The maximum atomic E-state index is 5.58. The van der Waals surface area contributed by atoms with Crippen LogP contribution in [0.4, 0.5) is 0 Å². The molecule has 0 spiro atoms. The van der Waals surface area contributed by atoms with Crippen molar-refractivity contribution in [2.45, 2.75) is 50.7 Å². The van der Waals surface area contributed by atoms with Crippen LogP contribution in [0, 0.1) is 0 Å². The van der Waals surface area contributed by atoms with Crippen LogP contribution < -0.4 is 5.32 Å². The summed E-state index contributed by atoms with van der Waals surface area (Å²) in [6.07, 6.45) is 12.6. The summed E-state index contributed by atoms with van der Waals surface area (Å²) in [6, 6.07) is 0.722. The Morgan fingerprint density at radius 3 is 2.86 bits per heavy atom. The Morgan fingerprint density at radius 2 is 2.14 bits per heavy atom. The summed E-state index contributed by atoms with van der Waals surface area (Å²) in [6.45, 7) is 2.15. The lowest BCUT2D eigenvalue weighted by Crippen LogP contribution is -2.27. The average molecular weight is 195 g/mol. The van der Waals surface area contributed by atoms with Crippen LogP contribution >= 0.6 is 0 Å². The molecule has 0 amide bonds. The zero-order chi connectivity index (χ0) is 9.64. The van der Waals surface area contributed by atoms with Gasteiger partial charge in [-0.15, -0.1) is 0 Å². The minimum atomic E-state index is 0.568. The predicted octanol–water partition coefficient (Wildman–Crippen LogP) is 2.25. The first-order valence-electron chi connectivity index (χ1n) is 5.95. The van der Waals surface area contributed by atoms with Crippen molar-refractivity contribution in [2.24, 2.45) is 0 Å². The molecule has 2 rings (SSSR count). The summed E-state index contributed by atoms with van der Waals surface area (Å²) in [4.78, 5) is 0. The Bertz CT molecular complexity index is 173. The molecule has 0 radical (unpaired) electrons. The molecule has 0 aromatic rings. The Hall–Kier alpha value is -0.340. The van der Waals surface area contributed by atoms with Crippen LogP contribution in [0.15, 0.2) is 12.2 Å². The van der Waals surface area contributed by atoms with Gasteiger partial charge in [-0.1, -0.05) is 12.2 Å². The van der Waals surface area contributed by atoms with E-state index in [1.165, 1.54) is 38.5 Å².